The standard InChI is InChI=1S/C13H18NO/c1-2-3-4-8-11-14-13(15)12-9-6-5-7-10-12/h5-7,9-11H,2-4,8H2,1H3,(H,14,15). The molecule has 0 aromatic heterocycles. The lowest BCUT2D eigenvalue weighted by Gasteiger charge is -2.03. The van der Waals surface area contributed by atoms with Gasteiger partial charge in [-0.2, -0.15) is 0 Å². The molecule has 1 rings (SSSR count). The molecule has 1 aromatic carbocycles. The van der Waals surface area contributed by atoms with Gasteiger partial charge in [0.15, 0.2) is 0 Å². The molecule has 0 unspecified atom stereocenters. The second-order valence-electron chi connectivity index (χ2n) is 3.54. The number of carbonyl (C=O) groups excluding carboxylic acids is 1. The first-order chi connectivity index (χ1) is 7.34. The van der Waals surface area contributed by atoms with Crippen LogP contribution in [-0.2, 0) is 0 Å². The Balaban J connectivity index is 2.20. The minimum Gasteiger partial charge on any atom is -0.347 e. The SMILES string of the molecule is CCCCC[CH]NC(=O)c1ccccc1. The first-order valence-electron chi connectivity index (χ1n) is 5.52. The maximum atomic E-state index is 11.5. The number of unbranched alkanes of at least 4 members (excludes halogenated alkanes) is 3. The number of benzene rings is 1. The van der Waals surface area contributed by atoms with Crippen molar-refractivity contribution in [2.24, 2.45) is 0 Å². The highest BCUT2D eigenvalue weighted by Crippen LogP contribution is 2.02. The van der Waals surface area contributed by atoms with E-state index in [4.69, 9.17) is 0 Å². The molecule has 0 saturated carbocycles. The second kappa shape index (κ2) is 7.04. The van der Waals surface area contributed by atoms with Crippen molar-refractivity contribution in [3.05, 3.63) is 42.4 Å². The molecule has 15 heavy (non-hydrogen) atoms. The molecule has 0 saturated heterocycles. The largest absolute Gasteiger partial charge is 0.347 e. The van der Waals surface area contributed by atoms with Crippen LogP contribution >= 0.6 is 0 Å². The average molecular weight is 204 g/mol. The summed E-state index contributed by atoms with van der Waals surface area (Å²) in [5.41, 5.74) is 0.712. The zero-order valence-electron chi connectivity index (χ0n) is 9.20. The summed E-state index contributed by atoms with van der Waals surface area (Å²) in [6.45, 7) is 4.02. The van der Waals surface area contributed by atoms with Crippen LogP contribution in [0.5, 0.6) is 0 Å². The van der Waals surface area contributed by atoms with Crippen molar-refractivity contribution >= 4 is 5.91 Å². The van der Waals surface area contributed by atoms with Crippen LogP contribution < -0.4 is 5.32 Å². The average Bonchev–Trinajstić information content (AvgIpc) is 2.30. The van der Waals surface area contributed by atoms with Gasteiger partial charge in [-0.25, -0.2) is 0 Å². The minimum absolute atomic E-state index is 0.0212. The molecule has 0 atom stereocenters. The molecule has 0 fully saturated rings. The summed E-state index contributed by atoms with van der Waals surface area (Å²) < 4.78 is 0. The molecular formula is C13H18NO. The van der Waals surface area contributed by atoms with Crippen LogP contribution in [0.2, 0.25) is 0 Å². The van der Waals surface area contributed by atoms with E-state index >= 15 is 0 Å². The van der Waals surface area contributed by atoms with E-state index in [-0.39, 0.29) is 5.91 Å². The summed E-state index contributed by atoms with van der Waals surface area (Å²) in [6, 6.07) is 9.27. The molecule has 0 heterocycles. The molecule has 81 valence electrons. The van der Waals surface area contributed by atoms with E-state index in [1.54, 1.807) is 0 Å². The highest BCUT2D eigenvalue weighted by Gasteiger charge is 2.02. The number of nitrogens with one attached hydrogen (secondary N) is 1. The van der Waals surface area contributed by atoms with Gasteiger partial charge in [-0.15, -0.1) is 0 Å². The van der Waals surface area contributed by atoms with Crippen LogP contribution in [0.3, 0.4) is 0 Å². The fourth-order valence-corrected chi connectivity index (χ4v) is 1.33. The number of hydrogen-bond acceptors (Lipinski definition) is 1. The van der Waals surface area contributed by atoms with Gasteiger partial charge in [0.1, 0.15) is 0 Å². The molecule has 0 aliphatic heterocycles. The highest BCUT2D eigenvalue weighted by molar-refractivity contribution is 5.94. The summed E-state index contributed by atoms with van der Waals surface area (Å²) in [5, 5.41) is 2.79. The van der Waals surface area contributed by atoms with Crippen LogP contribution in [0.1, 0.15) is 43.0 Å². The zero-order chi connectivity index (χ0) is 10.9. The Labute approximate surface area is 91.7 Å². The molecule has 1 N–H and O–H groups in total. The molecule has 2 nitrogen and oxygen atoms in total. The van der Waals surface area contributed by atoms with Crippen molar-refractivity contribution in [3.8, 4) is 0 Å². The van der Waals surface area contributed by atoms with Gasteiger partial charge in [0, 0.05) is 12.1 Å². The predicted octanol–water partition coefficient (Wildman–Crippen LogP) is 3.16. The Morgan fingerprint density at radius 3 is 2.67 bits per heavy atom. The molecule has 0 aliphatic rings. The number of hydrogen-bond donors (Lipinski definition) is 1. The van der Waals surface area contributed by atoms with Crippen molar-refractivity contribution in [3.63, 3.8) is 0 Å². The quantitative estimate of drug-likeness (QED) is 0.708. The van der Waals surface area contributed by atoms with Gasteiger partial charge in [0.05, 0.1) is 0 Å². The van der Waals surface area contributed by atoms with Crippen LogP contribution in [-0.4, -0.2) is 5.91 Å². The molecule has 1 aromatic rings. The Kier molecular flexibility index (Phi) is 5.52. The fraction of sp³-hybridized carbons (Fsp3) is 0.385. The molecule has 0 spiro atoms. The Morgan fingerprint density at radius 2 is 2.00 bits per heavy atom. The second-order valence-corrected chi connectivity index (χ2v) is 3.54. The first-order valence-corrected chi connectivity index (χ1v) is 5.52. The molecule has 0 aliphatic carbocycles. The molecular weight excluding hydrogens is 186 g/mol. The van der Waals surface area contributed by atoms with Gasteiger partial charge in [-0.3, -0.25) is 4.79 Å². The molecule has 0 bridgehead atoms. The van der Waals surface area contributed by atoms with Crippen molar-refractivity contribution in [2.45, 2.75) is 32.6 Å². The highest BCUT2D eigenvalue weighted by atomic mass is 16.1. The van der Waals surface area contributed by atoms with Gasteiger partial charge in [-0.1, -0.05) is 44.4 Å². The van der Waals surface area contributed by atoms with Gasteiger partial charge in [-0.05, 0) is 18.6 Å². The van der Waals surface area contributed by atoms with Crippen LogP contribution in [0.4, 0.5) is 0 Å². The maximum absolute atomic E-state index is 11.5. The molecule has 2 heteroatoms. The number of amides is 1. The topological polar surface area (TPSA) is 29.1 Å². The third-order valence-electron chi connectivity index (χ3n) is 2.22. The lowest BCUT2D eigenvalue weighted by molar-refractivity contribution is 0.0962. The van der Waals surface area contributed by atoms with E-state index in [1.807, 2.05) is 36.9 Å². The van der Waals surface area contributed by atoms with Gasteiger partial charge in [0.25, 0.3) is 5.91 Å². The van der Waals surface area contributed by atoms with E-state index in [0.717, 1.165) is 12.8 Å². The Bertz CT molecular complexity index is 282. The summed E-state index contributed by atoms with van der Waals surface area (Å²) in [6.07, 6.45) is 4.52. The summed E-state index contributed by atoms with van der Waals surface area (Å²) >= 11 is 0. The Morgan fingerprint density at radius 1 is 1.27 bits per heavy atom. The van der Waals surface area contributed by atoms with E-state index in [1.165, 1.54) is 12.8 Å². The van der Waals surface area contributed by atoms with E-state index in [2.05, 4.69) is 12.2 Å². The third-order valence-corrected chi connectivity index (χ3v) is 2.22. The molecule has 1 amide bonds. The minimum atomic E-state index is -0.0212. The van der Waals surface area contributed by atoms with Crippen molar-refractivity contribution < 1.29 is 4.79 Å². The lowest BCUT2D eigenvalue weighted by atomic mass is 10.2. The fourth-order valence-electron chi connectivity index (χ4n) is 1.33. The number of rotatable bonds is 6. The van der Waals surface area contributed by atoms with E-state index < -0.39 is 0 Å². The van der Waals surface area contributed by atoms with Crippen LogP contribution in [0.15, 0.2) is 30.3 Å². The summed E-state index contributed by atoms with van der Waals surface area (Å²) in [7, 11) is 0. The first kappa shape index (κ1) is 11.8. The smallest absolute Gasteiger partial charge is 0.251 e. The van der Waals surface area contributed by atoms with Crippen molar-refractivity contribution in [1.29, 1.82) is 0 Å². The summed E-state index contributed by atoms with van der Waals surface area (Å²) in [5.74, 6) is -0.0212. The zero-order valence-corrected chi connectivity index (χ0v) is 9.20. The van der Waals surface area contributed by atoms with Crippen molar-refractivity contribution in [2.75, 3.05) is 0 Å². The van der Waals surface area contributed by atoms with Crippen LogP contribution in [0, 0.1) is 6.54 Å². The predicted molar refractivity (Wildman–Crippen MR) is 62.4 cm³/mol. The summed E-state index contributed by atoms with van der Waals surface area (Å²) in [4.78, 5) is 11.5. The van der Waals surface area contributed by atoms with Crippen molar-refractivity contribution in [1.82, 2.24) is 5.32 Å². The van der Waals surface area contributed by atoms with E-state index in [0.29, 0.717) is 5.56 Å². The Hall–Kier alpha value is -1.31. The van der Waals surface area contributed by atoms with Crippen LogP contribution in [0.25, 0.3) is 0 Å². The third kappa shape index (κ3) is 4.63. The monoisotopic (exact) mass is 204 g/mol. The normalized spacial score (nSPS) is 9.93. The molecule has 1 radical (unpaired) electrons. The maximum Gasteiger partial charge on any atom is 0.251 e. The van der Waals surface area contributed by atoms with Gasteiger partial charge >= 0.3 is 0 Å². The van der Waals surface area contributed by atoms with Gasteiger partial charge in [0.2, 0.25) is 0 Å². The number of carbonyl (C=O) groups is 1. The van der Waals surface area contributed by atoms with Gasteiger partial charge < -0.3 is 5.32 Å². The van der Waals surface area contributed by atoms with E-state index in [9.17, 15) is 4.79 Å². The lowest BCUT2D eigenvalue weighted by Crippen LogP contribution is -2.20.